The van der Waals surface area contributed by atoms with E-state index in [1.165, 1.54) is 12.8 Å². The number of carbonyl (C=O) groups excluding carboxylic acids is 1. The SMILES string of the molecule is CCC(CC)NCCC1CCN(C(=O)OC(C)(C)C)C1. The summed E-state index contributed by atoms with van der Waals surface area (Å²) in [5, 5.41) is 3.59. The number of hydrogen-bond acceptors (Lipinski definition) is 3. The summed E-state index contributed by atoms with van der Waals surface area (Å²) >= 11 is 0. The maximum atomic E-state index is 12.0. The van der Waals surface area contributed by atoms with Crippen molar-refractivity contribution in [3.63, 3.8) is 0 Å². The summed E-state index contributed by atoms with van der Waals surface area (Å²) in [5.41, 5.74) is -0.397. The van der Waals surface area contributed by atoms with Gasteiger partial charge in [-0.25, -0.2) is 4.79 Å². The molecule has 1 amide bonds. The van der Waals surface area contributed by atoms with Gasteiger partial charge in [0.2, 0.25) is 0 Å². The van der Waals surface area contributed by atoms with Crippen LogP contribution in [0, 0.1) is 5.92 Å². The fourth-order valence-corrected chi connectivity index (χ4v) is 2.63. The Morgan fingerprint density at radius 1 is 1.35 bits per heavy atom. The molecule has 1 aliphatic rings. The Morgan fingerprint density at radius 2 is 2.00 bits per heavy atom. The number of nitrogens with one attached hydrogen (secondary N) is 1. The van der Waals surface area contributed by atoms with Crippen LogP contribution >= 0.6 is 0 Å². The molecule has 0 aliphatic carbocycles. The maximum absolute atomic E-state index is 12.0. The molecule has 1 aliphatic heterocycles. The van der Waals surface area contributed by atoms with Gasteiger partial charge in [0, 0.05) is 19.1 Å². The van der Waals surface area contributed by atoms with Crippen molar-refractivity contribution >= 4 is 6.09 Å². The molecule has 0 aromatic rings. The zero-order chi connectivity index (χ0) is 15.2. The number of amides is 1. The molecule has 1 fully saturated rings. The zero-order valence-electron chi connectivity index (χ0n) is 13.9. The van der Waals surface area contributed by atoms with Crippen molar-refractivity contribution in [1.29, 1.82) is 0 Å². The summed E-state index contributed by atoms with van der Waals surface area (Å²) in [6.07, 6.45) is 4.46. The van der Waals surface area contributed by atoms with Gasteiger partial charge in [-0.3, -0.25) is 0 Å². The van der Waals surface area contributed by atoms with E-state index in [2.05, 4.69) is 19.2 Å². The number of rotatable bonds is 6. The molecule has 1 rings (SSSR count). The first kappa shape index (κ1) is 17.3. The molecule has 1 heterocycles. The van der Waals surface area contributed by atoms with E-state index in [-0.39, 0.29) is 6.09 Å². The fraction of sp³-hybridized carbons (Fsp3) is 0.938. The lowest BCUT2D eigenvalue weighted by molar-refractivity contribution is 0.0287. The fourth-order valence-electron chi connectivity index (χ4n) is 2.63. The van der Waals surface area contributed by atoms with Gasteiger partial charge in [-0.05, 0) is 58.9 Å². The lowest BCUT2D eigenvalue weighted by Crippen LogP contribution is -2.35. The Balaban J connectivity index is 2.24. The molecule has 20 heavy (non-hydrogen) atoms. The van der Waals surface area contributed by atoms with E-state index in [1.54, 1.807) is 0 Å². The van der Waals surface area contributed by atoms with E-state index in [0.29, 0.717) is 12.0 Å². The van der Waals surface area contributed by atoms with Crippen molar-refractivity contribution in [2.75, 3.05) is 19.6 Å². The lowest BCUT2D eigenvalue weighted by Gasteiger charge is -2.24. The highest BCUT2D eigenvalue weighted by Gasteiger charge is 2.29. The molecule has 0 aromatic carbocycles. The third-order valence-electron chi connectivity index (χ3n) is 3.91. The lowest BCUT2D eigenvalue weighted by atomic mass is 10.0. The summed E-state index contributed by atoms with van der Waals surface area (Å²) in [6, 6.07) is 0.637. The Bertz CT molecular complexity index is 295. The van der Waals surface area contributed by atoms with Crippen LogP contribution < -0.4 is 5.32 Å². The van der Waals surface area contributed by atoms with E-state index in [9.17, 15) is 4.79 Å². The first-order chi connectivity index (χ1) is 9.35. The Labute approximate surface area is 124 Å². The molecule has 0 spiro atoms. The predicted octanol–water partition coefficient (Wildman–Crippen LogP) is 3.41. The van der Waals surface area contributed by atoms with Gasteiger partial charge in [0.15, 0.2) is 0 Å². The average Bonchev–Trinajstić information content (AvgIpc) is 2.81. The second-order valence-electron chi connectivity index (χ2n) is 6.84. The van der Waals surface area contributed by atoms with E-state index in [1.807, 2.05) is 25.7 Å². The normalized spacial score (nSPS) is 19.7. The van der Waals surface area contributed by atoms with Crippen molar-refractivity contribution in [3.8, 4) is 0 Å². The van der Waals surface area contributed by atoms with Crippen LogP contribution in [0.1, 0.15) is 60.3 Å². The van der Waals surface area contributed by atoms with Crippen LogP contribution in [0.4, 0.5) is 4.79 Å². The van der Waals surface area contributed by atoms with Gasteiger partial charge in [-0.15, -0.1) is 0 Å². The highest BCUT2D eigenvalue weighted by atomic mass is 16.6. The molecule has 0 bridgehead atoms. The summed E-state index contributed by atoms with van der Waals surface area (Å²) in [7, 11) is 0. The number of ether oxygens (including phenoxy) is 1. The molecule has 118 valence electrons. The van der Waals surface area contributed by atoms with E-state index >= 15 is 0 Å². The van der Waals surface area contributed by atoms with Crippen LogP contribution in [-0.2, 0) is 4.74 Å². The van der Waals surface area contributed by atoms with Crippen molar-refractivity contribution < 1.29 is 9.53 Å². The monoisotopic (exact) mass is 284 g/mol. The van der Waals surface area contributed by atoms with Crippen molar-refractivity contribution in [2.45, 2.75) is 71.9 Å². The van der Waals surface area contributed by atoms with Gasteiger partial charge in [0.05, 0.1) is 0 Å². The van der Waals surface area contributed by atoms with Gasteiger partial charge < -0.3 is 15.0 Å². The third-order valence-corrected chi connectivity index (χ3v) is 3.91. The molecule has 1 unspecified atom stereocenters. The van der Waals surface area contributed by atoms with Gasteiger partial charge in [0.1, 0.15) is 5.60 Å². The third kappa shape index (κ3) is 6.12. The van der Waals surface area contributed by atoms with Gasteiger partial charge in [-0.1, -0.05) is 13.8 Å². The summed E-state index contributed by atoms with van der Waals surface area (Å²) < 4.78 is 5.42. The number of carbonyl (C=O) groups is 1. The minimum Gasteiger partial charge on any atom is -0.444 e. The molecular formula is C16H32N2O2. The van der Waals surface area contributed by atoms with Crippen LogP contribution in [0.3, 0.4) is 0 Å². The maximum Gasteiger partial charge on any atom is 0.410 e. The molecule has 0 aromatic heterocycles. The van der Waals surface area contributed by atoms with Crippen LogP contribution in [-0.4, -0.2) is 42.3 Å². The van der Waals surface area contributed by atoms with Crippen LogP contribution in [0.25, 0.3) is 0 Å². The quantitative estimate of drug-likeness (QED) is 0.812. The van der Waals surface area contributed by atoms with Crippen LogP contribution in [0.5, 0.6) is 0 Å². The van der Waals surface area contributed by atoms with Crippen molar-refractivity contribution in [2.24, 2.45) is 5.92 Å². The molecule has 0 radical (unpaired) electrons. The number of likely N-dealkylation sites (tertiary alicyclic amines) is 1. The molecule has 1 atom stereocenters. The molecule has 0 saturated carbocycles. The largest absolute Gasteiger partial charge is 0.444 e. The second kappa shape index (κ2) is 7.87. The number of hydrogen-bond donors (Lipinski definition) is 1. The first-order valence-corrected chi connectivity index (χ1v) is 8.07. The standard InChI is InChI=1S/C16H32N2O2/c1-6-14(7-2)17-10-8-13-9-11-18(12-13)15(19)20-16(3,4)5/h13-14,17H,6-12H2,1-5H3. The van der Waals surface area contributed by atoms with Crippen molar-refractivity contribution in [1.82, 2.24) is 10.2 Å². The predicted molar refractivity (Wildman–Crippen MR) is 82.9 cm³/mol. The second-order valence-corrected chi connectivity index (χ2v) is 6.84. The highest BCUT2D eigenvalue weighted by molar-refractivity contribution is 5.68. The van der Waals surface area contributed by atoms with Gasteiger partial charge in [0.25, 0.3) is 0 Å². The molecule has 1 N–H and O–H groups in total. The van der Waals surface area contributed by atoms with Gasteiger partial charge in [-0.2, -0.15) is 0 Å². The minimum absolute atomic E-state index is 0.159. The average molecular weight is 284 g/mol. The number of nitrogens with zero attached hydrogens (tertiary/aromatic N) is 1. The first-order valence-electron chi connectivity index (χ1n) is 8.07. The zero-order valence-corrected chi connectivity index (χ0v) is 13.9. The summed E-state index contributed by atoms with van der Waals surface area (Å²) in [6.45, 7) is 12.9. The topological polar surface area (TPSA) is 41.6 Å². The van der Waals surface area contributed by atoms with Crippen LogP contribution in [0.2, 0.25) is 0 Å². The van der Waals surface area contributed by atoms with Crippen LogP contribution in [0.15, 0.2) is 0 Å². The molecular weight excluding hydrogens is 252 g/mol. The Morgan fingerprint density at radius 3 is 2.55 bits per heavy atom. The minimum atomic E-state index is -0.397. The smallest absolute Gasteiger partial charge is 0.410 e. The summed E-state index contributed by atoms with van der Waals surface area (Å²) in [5.74, 6) is 0.615. The molecule has 1 saturated heterocycles. The van der Waals surface area contributed by atoms with E-state index in [4.69, 9.17) is 4.74 Å². The summed E-state index contributed by atoms with van der Waals surface area (Å²) in [4.78, 5) is 13.8. The van der Waals surface area contributed by atoms with E-state index < -0.39 is 5.60 Å². The molecule has 4 nitrogen and oxygen atoms in total. The van der Waals surface area contributed by atoms with Gasteiger partial charge >= 0.3 is 6.09 Å². The van der Waals surface area contributed by atoms with Crippen molar-refractivity contribution in [3.05, 3.63) is 0 Å². The van der Waals surface area contributed by atoms with E-state index in [0.717, 1.165) is 32.5 Å². The Hall–Kier alpha value is -0.770. The Kier molecular flexibility index (Phi) is 6.80. The highest BCUT2D eigenvalue weighted by Crippen LogP contribution is 2.21. The molecule has 4 heteroatoms.